The van der Waals surface area contributed by atoms with Gasteiger partial charge >= 0.3 is 0 Å². The van der Waals surface area contributed by atoms with Gasteiger partial charge in [0.15, 0.2) is 17.5 Å². The van der Waals surface area contributed by atoms with E-state index in [1.54, 1.807) is 0 Å². The molecule has 0 spiro atoms. The van der Waals surface area contributed by atoms with Crippen molar-refractivity contribution in [2.45, 2.75) is 0 Å². The normalized spacial score (nSPS) is 11.8. The van der Waals surface area contributed by atoms with E-state index in [1.165, 1.54) is 54.1 Å². The first-order valence-corrected chi connectivity index (χ1v) is 19.6. The van der Waals surface area contributed by atoms with Crippen LogP contribution in [0.5, 0.6) is 0 Å². The number of para-hydroxylation sites is 1. The fourth-order valence-corrected chi connectivity index (χ4v) is 8.81. The third-order valence-electron chi connectivity index (χ3n) is 11.5. The minimum absolute atomic E-state index is 0.635. The van der Waals surface area contributed by atoms with Gasteiger partial charge in [0.25, 0.3) is 0 Å². The van der Waals surface area contributed by atoms with Gasteiger partial charge in [0.1, 0.15) is 0 Å². The number of hydrogen-bond donors (Lipinski definition) is 0. The van der Waals surface area contributed by atoms with Crippen molar-refractivity contribution in [3.8, 4) is 45.5 Å². The third-order valence-corrected chi connectivity index (χ3v) is 11.5. The van der Waals surface area contributed by atoms with Crippen molar-refractivity contribution in [1.29, 1.82) is 0 Å². The Kier molecular flexibility index (Phi) is 7.16. The van der Waals surface area contributed by atoms with Gasteiger partial charge in [-0.3, -0.25) is 0 Å². The van der Waals surface area contributed by atoms with E-state index < -0.39 is 0 Å². The highest BCUT2D eigenvalue weighted by atomic mass is 15.0. The van der Waals surface area contributed by atoms with Crippen LogP contribution >= 0.6 is 0 Å². The van der Waals surface area contributed by atoms with E-state index in [2.05, 4.69) is 149 Å². The highest BCUT2D eigenvalue weighted by Gasteiger charge is 2.19. The molecule has 0 fully saturated rings. The first-order valence-electron chi connectivity index (χ1n) is 19.6. The van der Waals surface area contributed by atoms with Crippen molar-refractivity contribution in [3.05, 3.63) is 200 Å². The second kappa shape index (κ2) is 12.8. The van der Waals surface area contributed by atoms with E-state index in [0.29, 0.717) is 17.5 Å². The summed E-state index contributed by atoms with van der Waals surface area (Å²) >= 11 is 0. The van der Waals surface area contributed by atoms with E-state index in [1.807, 2.05) is 60.7 Å². The van der Waals surface area contributed by atoms with Gasteiger partial charge in [0, 0.05) is 55.0 Å². The Morgan fingerprint density at radius 2 is 0.793 bits per heavy atom. The van der Waals surface area contributed by atoms with Gasteiger partial charge in [-0.1, -0.05) is 140 Å². The molecule has 0 amide bonds. The SMILES string of the molecule is c1ccc(-c2nc(-c3ccccc3)nc(-c3ccc(-n4c5ccc(-n6c7ccccc7c7ccc8ccccc8c76)cc5c5cc6ccccc6cc54)cc3)n2)cc1. The van der Waals surface area contributed by atoms with E-state index in [9.17, 15) is 0 Å². The topological polar surface area (TPSA) is 48.5 Å². The van der Waals surface area contributed by atoms with Gasteiger partial charge in [0.05, 0.1) is 22.1 Å². The lowest BCUT2D eigenvalue weighted by Gasteiger charge is -2.12. The molecule has 5 nitrogen and oxygen atoms in total. The van der Waals surface area contributed by atoms with Crippen molar-refractivity contribution in [1.82, 2.24) is 24.1 Å². The Hall–Kier alpha value is -7.89. The predicted octanol–water partition coefficient (Wildman–Crippen LogP) is 13.4. The van der Waals surface area contributed by atoms with Crippen LogP contribution in [0.25, 0.3) is 111 Å². The summed E-state index contributed by atoms with van der Waals surface area (Å²) in [7, 11) is 0. The summed E-state index contributed by atoms with van der Waals surface area (Å²) in [5.74, 6) is 1.93. The summed E-state index contributed by atoms with van der Waals surface area (Å²) in [5, 5.41) is 9.82. The fourth-order valence-electron chi connectivity index (χ4n) is 8.81. The Bertz CT molecular complexity index is 3490. The molecular formula is C53H33N5. The van der Waals surface area contributed by atoms with Crippen LogP contribution in [0, 0.1) is 0 Å². The maximum Gasteiger partial charge on any atom is 0.164 e. The molecule has 9 aromatic carbocycles. The van der Waals surface area contributed by atoms with Gasteiger partial charge in [0.2, 0.25) is 0 Å². The molecule has 0 radical (unpaired) electrons. The molecule has 270 valence electrons. The van der Waals surface area contributed by atoms with Crippen LogP contribution in [0.2, 0.25) is 0 Å². The average molecular weight is 740 g/mol. The Morgan fingerprint density at radius 1 is 0.276 bits per heavy atom. The first kappa shape index (κ1) is 32.4. The van der Waals surface area contributed by atoms with Crippen LogP contribution in [0.15, 0.2) is 200 Å². The van der Waals surface area contributed by atoms with Crippen LogP contribution in [0.4, 0.5) is 0 Å². The van der Waals surface area contributed by atoms with Gasteiger partial charge in [-0.15, -0.1) is 0 Å². The van der Waals surface area contributed by atoms with Crippen LogP contribution in [-0.4, -0.2) is 24.1 Å². The zero-order valence-electron chi connectivity index (χ0n) is 31.3. The van der Waals surface area contributed by atoms with Crippen molar-refractivity contribution >= 4 is 65.2 Å². The third kappa shape index (κ3) is 5.07. The summed E-state index contributed by atoms with van der Waals surface area (Å²) in [6.07, 6.45) is 0. The predicted molar refractivity (Wildman–Crippen MR) is 240 cm³/mol. The van der Waals surface area contributed by atoms with E-state index in [-0.39, 0.29) is 0 Å². The van der Waals surface area contributed by atoms with Crippen molar-refractivity contribution in [2.24, 2.45) is 0 Å². The molecule has 12 rings (SSSR count). The minimum atomic E-state index is 0.635. The lowest BCUT2D eigenvalue weighted by molar-refractivity contribution is 1.07. The van der Waals surface area contributed by atoms with Crippen molar-refractivity contribution < 1.29 is 0 Å². The molecule has 0 bridgehead atoms. The standard InChI is InChI=1S/C53H33N5/c1-3-14-35(15-4-1)51-54-52(36-16-5-2-6-17-36)56-53(55-51)37-23-26-40(27-24-37)57-48-30-28-41(33-46(48)45-31-38-18-7-8-19-39(38)32-49(45)57)58-47-22-12-11-21-43(47)44-29-25-34-13-9-10-20-42(34)50(44)58/h1-33H. The highest BCUT2D eigenvalue weighted by molar-refractivity contribution is 6.19. The van der Waals surface area contributed by atoms with E-state index >= 15 is 0 Å². The van der Waals surface area contributed by atoms with E-state index in [0.717, 1.165) is 39.1 Å². The summed E-state index contributed by atoms with van der Waals surface area (Å²) in [4.78, 5) is 14.9. The first-order chi connectivity index (χ1) is 28.7. The molecule has 3 heterocycles. The molecular weight excluding hydrogens is 707 g/mol. The molecule has 12 aromatic rings. The van der Waals surface area contributed by atoms with Gasteiger partial charge in [-0.25, -0.2) is 15.0 Å². The molecule has 0 N–H and O–H groups in total. The number of benzene rings is 9. The fraction of sp³-hybridized carbons (Fsp3) is 0. The maximum atomic E-state index is 4.99. The molecule has 0 saturated carbocycles. The minimum Gasteiger partial charge on any atom is -0.309 e. The van der Waals surface area contributed by atoms with Crippen molar-refractivity contribution in [3.63, 3.8) is 0 Å². The Balaban J connectivity index is 1.06. The maximum absolute atomic E-state index is 4.99. The van der Waals surface area contributed by atoms with Crippen LogP contribution in [0.3, 0.4) is 0 Å². The van der Waals surface area contributed by atoms with Crippen LogP contribution in [0.1, 0.15) is 0 Å². The molecule has 5 heteroatoms. The number of hydrogen-bond acceptors (Lipinski definition) is 3. The van der Waals surface area contributed by atoms with Gasteiger partial charge in [-0.2, -0.15) is 0 Å². The number of rotatable bonds is 5. The lowest BCUT2D eigenvalue weighted by Crippen LogP contribution is -2.00. The molecule has 0 saturated heterocycles. The Morgan fingerprint density at radius 3 is 1.48 bits per heavy atom. The molecule has 0 aliphatic rings. The summed E-state index contributed by atoms with van der Waals surface area (Å²) in [6, 6.07) is 71.1. The largest absolute Gasteiger partial charge is 0.309 e. The number of aromatic nitrogens is 5. The lowest BCUT2D eigenvalue weighted by atomic mass is 10.1. The van der Waals surface area contributed by atoms with E-state index in [4.69, 9.17) is 15.0 Å². The van der Waals surface area contributed by atoms with Crippen molar-refractivity contribution in [2.75, 3.05) is 0 Å². The monoisotopic (exact) mass is 739 g/mol. The van der Waals surface area contributed by atoms with Crippen LogP contribution in [-0.2, 0) is 0 Å². The smallest absolute Gasteiger partial charge is 0.164 e. The molecule has 0 atom stereocenters. The Labute approximate surface area is 333 Å². The van der Waals surface area contributed by atoms with Gasteiger partial charge < -0.3 is 9.13 Å². The van der Waals surface area contributed by atoms with Crippen LogP contribution < -0.4 is 0 Å². The summed E-state index contributed by atoms with van der Waals surface area (Å²) < 4.78 is 4.84. The molecule has 0 aliphatic carbocycles. The molecule has 0 aliphatic heterocycles. The zero-order chi connectivity index (χ0) is 38.2. The second-order valence-corrected chi connectivity index (χ2v) is 14.9. The highest BCUT2D eigenvalue weighted by Crippen LogP contribution is 2.40. The zero-order valence-corrected chi connectivity index (χ0v) is 31.3. The quantitative estimate of drug-likeness (QED) is 0.177. The molecule has 58 heavy (non-hydrogen) atoms. The number of nitrogens with zero attached hydrogens (tertiary/aromatic N) is 5. The molecule has 3 aromatic heterocycles. The second-order valence-electron chi connectivity index (χ2n) is 14.9. The summed E-state index contributed by atoms with van der Waals surface area (Å²) in [5.41, 5.74) is 9.75. The van der Waals surface area contributed by atoms with Gasteiger partial charge in [-0.05, 0) is 76.8 Å². The average Bonchev–Trinajstić information content (AvgIpc) is 3.81. The number of fused-ring (bicyclic) bond motifs is 9. The molecule has 0 unspecified atom stereocenters. The summed E-state index contributed by atoms with van der Waals surface area (Å²) in [6.45, 7) is 0.